The zero-order valence-corrected chi connectivity index (χ0v) is 10.2. The Morgan fingerprint density at radius 2 is 2.20 bits per heavy atom. The molecule has 4 nitrogen and oxygen atoms in total. The van der Waals surface area contributed by atoms with Crippen molar-refractivity contribution >= 4 is 0 Å². The van der Waals surface area contributed by atoms with Crippen molar-refractivity contribution in [2.24, 2.45) is 13.0 Å². The zero-order valence-electron chi connectivity index (χ0n) is 10.2. The fourth-order valence-electron chi connectivity index (χ4n) is 1.74. The number of hydrogen-bond donors (Lipinski definition) is 1. The standard InChI is InChI=1S/C11H22N4/c1-5-9(3)11(12-6-2)7-10-8-15(4)14-13-10/h8-9,11-12H,5-7H2,1-4H3. The van der Waals surface area contributed by atoms with E-state index in [4.69, 9.17) is 0 Å². The van der Waals surface area contributed by atoms with Crippen molar-refractivity contribution in [2.75, 3.05) is 6.54 Å². The molecule has 4 heteroatoms. The van der Waals surface area contributed by atoms with Crippen LogP contribution in [0.4, 0.5) is 0 Å². The average Bonchev–Trinajstić information content (AvgIpc) is 2.62. The summed E-state index contributed by atoms with van der Waals surface area (Å²) in [6.45, 7) is 7.66. The third-order valence-corrected chi connectivity index (χ3v) is 2.88. The molecule has 0 amide bonds. The molecule has 15 heavy (non-hydrogen) atoms. The molecule has 0 saturated carbocycles. The van der Waals surface area contributed by atoms with E-state index in [-0.39, 0.29) is 0 Å². The second kappa shape index (κ2) is 5.85. The highest BCUT2D eigenvalue weighted by Gasteiger charge is 2.16. The smallest absolute Gasteiger partial charge is 0.0842 e. The molecule has 0 aliphatic rings. The average molecular weight is 210 g/mol. The van der Waals surface area contributed by atoms with Gasteiger partial charge in [-0.15, -0.1) is 5.10 Å². The molecule has 86 valence electrons. The van der Waals surface area contributed by atoms with E-state index in [9.17, 15) is 0 Å². The van der Waals surface area contributed by atoms with Crippen molar-refractivity contribution in [3.8, 4) is 0 Å². The monoisotopic (exact) mass is 210 g/mol. The number of nitrogens with zero attached hydrogens (tertiary/aromatic N) is 3. The number of likely N-dealkylation sites (N-methyl/N-ethyl adjacent to an activating group) is 1. The molecule has 0 aliphatic carbocycles. The zero-order chi connectivity index (χ0) is 11.3. The molecular weight excluding hydrogens is 188 g/mol. The third-order valence-electron chi connectivity index (χ3n) is 2.88. The van der Waals surface area contributed by atoms with E-state index in [1.54, 1.807) is 4.68 Å². The van der Waals surface area contributed by atoms with Gasteiger partial charge in [0.25, 0.3) is 0 Å². The molecule has 2 atom stereocenters. The van der Waals surface area contributed by atoms with Crippen LogP contribution in [0.1, 0.15) is 32.9 Å². The van der Waals surface area contributed by atoms with Gasteiger partial charge in [0.1, 0.15) is 0 Å². The summed E-state index contributed by atoms with van der Waals surface area (Å²) in [5.74, 6) is 0.673. The van der Waals surface area contributed by atoms with Crippen LogP contribution in [0.15, 0.2) is 6.20 Å². The van der Waals surface area contributed by atoms with Gasteiger partial charge in [-0.1, -0.05) is 32.4 Å². The maximum atomic E-state index is 4.13. The topological polar surface area (TPSA) is 42.7 Å². The summed E-state index contributed by atoms with van der Waals surface area (Å²) in [5, 5.41) is 11.6. The Morgan fingerprint density at radius 1 is 1.47 bits per heavy atom. The van der Waals surface area contributed by atoms with Crippen LogP contribution >= 0.6 is 0 Å². The summed E-state index contributed by atoms with van der Waals surface area (Å²) < 4.78 is 1.76. The van der Waals surface area contributed by atoms with Crippen LogP contribution in [0.3, 0.4) is 0 Å². The lowest BCUT2D eigenvalue weighted by atomic mass is 9.95. The lowest BCUT2D eigenvalue weighted by Gasteiger charge is -2.22. The molecular formula is C11H22N4. The van der Waals surface area contributed by atoms with E-state index in [0.717, 1.165) is 18.7 Å². The summed E-state index contributed by atoms with van der Waals surface area (Å²) >= 11 is 0. The van der Waals surface area contributed by atoms with Gasteiger partial charge in [-0.05, 0) is 12.5 Å². The van der Waals surface area contributed by atoms with Gasteiger partial charge in [0.05, 0.1) is 5.69 Å². The van der Waals surface area contributed by atoms with Crippen molar-refractivity contribution in [3.63, 3.8) is 0 Å². The number of hydrogen-bond acceptors (Lipinski definition) is 3. The number of aromatic nitrogens is 3. The van der Waals surface area contributed by atoms with Crippen LogP contribution in [0.25, 0.3) is 0 Å². The highest BCUT2D eigenvalue weighted by atomic mass is 15.4. The van der Waals surface area contributed by atoms with Crippen LogP contribution in [0.5, 0.6) is 0 Å². The molecule has 1 N–H and O–H groups in total. The Bertz CT molecular complexity index is 282. The molecule has 0 radical (unpaired) electrons. The Kier molecular flexibility index (Phi) is 4.75. The van der Waals surface area contributed by atoms with Gasteiger partial charge in [-0.3, -0.25) is 4.68 Å². The van der Waals surface area contributed by atoms with Crippen molar-refractivity contribution < 1.29 is 0 Å². The third kappa shape index (κ3) is 3.63. The number of rotatable bonds is 6. The highest BCUT2D eigenvalue weighted by Crippen LogP contribution is 2.11. The van der Waals surface area contributed by atoms with Gasteiger partial charge in [-0.2, -0.15) is 0 Å². The molecule has 0 bridgehead atoms. The summed E-state index contributed by atoms with van der Waals surface area (Å²) in [5.41, 5.74) is 1.07. The lowest BCUT2D eigenvalue weighted by molar-refractivity contribution is 0.368. The van der Waals surface area contributed by atoms with Crippen LogP contribution in [-0.4, -0.2) is 27.6 Å². The predicted molar refractivity (Wildman–Crippen MR) is 61.6 cm³/mol. The first-order chi connectivity index (χ1) is 7.17. The fourth-order valence-corrected chi connectivity index (χ4v) is 1.74. The minimum Gasteiger partial charge on any atom is -0.314 e. The molecule has 0 spiro atoms. The van der Waals surface area contributed by atoms with Gasteiger partial charge in [0.15, 0.2) is 0 Å². The van der Waals surface area contributed by atoms with Gasteiger partial charge < -0.3 is 5.32 Å². The largest absolute Gasteiger partial charge is 0.314 e. The molecule has 1 rings (SSSR count). The molecule has 0 aromatic carbocycles. The Balaban J connectivity index is 2.57. The SMILES string of the molecule is CCNC(Cc1cn(C)nn1)C(C)CC. The van der Waals surface area contributed by atoms with E-state index in [1.807, 2.05) is 13.2 Å². The van der Waals surface area contributed by atoms with Crippen LogP contribution < -0.4 is 5.32 Å². The number of nitrogens with one attached hydrogen (secondary N) is 1. The summed E-state index contributed by atoms with van der Waals surface area (Å²) in [4.78, 5) is 0. The van der Waals surface area contributed by atoms with Gasteiger partial charge in [0.2, 0.25) is 0 Å². The van der Waals surface area contributed by atoms with E-state index in [0.29, 0.717) is 12.0 Å². The van der Waals surface area contributed by atoms with Crippen molar-refractivity contribution in [3.05, 3.63) is 11.9 Å². The normalized spacial score (nSPS) is 15.2. The first-order valence-corrected chi connectivity index (χ1v) is 5.75. The maximum absolute atomic E-state index is 4.13. The molecule has 0 aliphatic heterocycles. The molecule has 0 fully saturated rings. The maximum Gasteiger partial charge on any atom is 0.0842 e. The van der Waals surface area contributed by atoms with Gasteiger partial charge in [0, 0.05) is 25.7 Å². The van der Waals surface area contributed by atoms with Gasteiger partial charge in [-0.25, -0.2) is 0 Å². The summed E-state index contributed by atoms with van der Waals surface area (Å²) in [6, 6.07) is 0.511. The molecule has 2 unspecified atom stereocenters. The Labute approximate surface area is 92.1 Å². The quantitative estimate of drug-likeness (QED) is 0.771. The van der Waals surface area contributed by atoms with Crippen LogP contribution in [-0.2, 0) is 13.5 Å². The Hall–Kier alpha value is -0.900. The second-order valence-corrected chi connectivity index (χ2v) is 4.14. The molecule has 1 heterocycles. The van der Waals surface area contributed by atoms with E-state index < -0.39 is 0 Å². The van der Waals surface area contributed by atoms with E-state index >= 15 is 0 Å². The van der Waals surface area contributed by atoms with Crippen molar-refractivity contribution in [1.29, 1.82) is 0 Å². The summed E-state index contributed by atoms with van der Waals surface area (Å²) in [7, 11) is 1.90. The minimum atomic E-state index is 0.511. The first-order valence-electron chi connectivity index (χ1n) is 5.75. The van der Waals surface area contributed by atoms with Crippen LogP contribution in [0.2, 0.25) is 0 Å². The predicted octanol–water partition coefficient (Wildman–Crippen LogP) is 1.38. The lowest BCUT2D eigenvalue weighted by Crippen LogP contribution is -2.36. The Morgan fingerprint density at radius 3 is 2.67 bits per heavy atom. The van der Waals surface area contributed by atoms with Crippen molar-refractivity contribution in [1.82, 2.24) is 20.3 Å². The summed E-state index contributed by atoms with van der Waals surface area (Å²) in [6.07, 6.45) is 4.15. The number of aryl methyl sites for hydroxylation is 1. The van der Waals surface area contributed by atoms with Crippen molar-refractivity contribution in [2.45, 2.75) is 39.7 Å². The van der Waals surface area contributed by atoms with E-state index in [2.05, 4.69) is 36.4 Å². The minimum absolute atomic E-state index is 0.511. The highest BCUT2D eigenvalue weighted by molar-refractivity contribution is 4.96. The molecule has 1 aromatic rings. The van der Waals surface area contributed by atoms with Gasteiger partial charge >= 0.3 is 0 Å². The molecule has 1 aromatic heterocycles. The molecule has 0 saturated heterocycles. The first kappa shape index (κ1) is 12.2. The second-order valence-electron chi connectivity index (χ2n) is 4.14. The fraction of sp³-hybridized carbons (Fsp3) is 0.818. The van der Waals surface area contributed by atoms with E-state index in [1.165, 1.54) is 6.42 Å². The van der Waals surface area contributed by atoms with Crippen LogP contribution in [0, 0.1) is 5.92 Å².